The third-order valence-corrected chi connectivity index (χ3v) is 7.07. The van der Waals surface area contributed by atoms with Crippen LogP contribution >= 0.6 is 23.5 Å². The van der Waals surface area contributed by atoms with Crippen LogP contribution in [0.5, 0.6) is 0 Å². The highest BCUT2D eigenvalue weighted by molar-refractivity contribution is 7.99. The van der Waals surface area contributed by atoms with Crippen molar-refractivity contribution in [2.45, 2.75) is 27.0 Å². The van der Waals surface area contributed by atoms with Crippen LogP contribution in [-0.2, 0) is 0 Å². The monoisotopic (exact) mass is 440 g/mol. The van der Waals surface area contributed by atoms with Gasteiger partial charge in [-0.05, 0) is 36.4 Å². The molecule has 0 saturated heterocycles. The predicted molar refractivity (Wildman–Crippen MR) is 128 cm³/mol. The van der Waals surface area contributed by atoms with Crippen molar-refractivity contribution < 1.29 is 9.59 Å². The van der Waals surface area contributed by atoms with Gasteiger partial charge in [0.25, 0.3) is 0 Å². The Bertz CT molecular complexity index is 1170. The summed E-state index contributed by atoms with van der Waals surface area (Å²) in [7, 11) is 0. The second-order valence-electron chi connectivity index (χ2n) is 6.85. The molecule has 4 aromatic carbocycles. The Morgan fingerprint density at radius 2 is 0.871 bits per heavy atom. The Morgan fingerprint density at radius 3 is 1.29 bits per heavy atom. The highest BCUT2D eigenvalue weighted by Crippen LogP contribution is 2.41. The lowest BCUT2D eigenvalue weighted by molar-refractivity contribution is 0.0974. The molecule has 0 atom stereocenters. The Balaban J connectivity index is 0.00000231. The summed E-state index contributed by atoms with van der Waals surface area (Å²) in [6.07, 6.45) is 0. The van der Waals surface area contributed by atoms with Crippen molar-refractivity contribution in [3.63, 3.8) is 0 Å². The van der Waals surface area contributed by atoms with E-state index in [9.17, 15) is 9.59 Å². The van der Waals surface area contributed by atoms with Crippen LogP contribution < -0.4 is 0 Å². The molecule has 31 heavy (non-hydrogen) atoms. The molecule has 0 aromatic heterocycles. The van der Waals surface area contributed by atoms with Gasteiger partial charge < -0.3 is 0 Å². The zero-order valence-corrected chi connectivity index (χ0v) is 17.5. The maximum atomic E-state index is 13.7. The van der Waals surface area contributed by atoms with E-state index in [4.69, 9.17) is 0 Å². The normalized spacial score (nSPS) is 12.0. The summed E-state index contributed by atoms with van der Waals surface area (Å²) in [6.45, 7) is 0. The van der Waals surface area contributed by atoms with Gasteiger partial charge in [-0.3, -0.25) is 9.59 Å². The predicted octanol–water partition coefficient (Wildman–Crippen LogP) is 7.40. The number of fused-ring (bicyclic) bond motifs is 2. The Kier molecular flexibility index (Phi) is 6.12. The van der Waals surface area contributed by atoms with Gasteiger partial charge >= 0.3 is 0 Å². The number of carbonyl (C=O) groups excluding carboxylic acids is 2. The van der Waals surface area contributed by atoms with E-state index < -0.39 is 0 Å². The first-order chi connectivity index (χ1) is 14.7. The molecule has 4 heteroatoms. The molecule has 0 bridgehead atoms. The molecule has 0 saturated carbocycles. The second kappa shape index (κ2) is 8.96. The maximum Gasteiger partial charge on any atom is 0.196 e. The zero-order chi connectivity index (χ0) is 20.5. The molecule has 0 amide bonds. The summed E-state index contributed by atoms with van der Waals surface area (Å²) in [5.74, 6) is -0.178. The molecule has 0 spiro atoms. The smallest absolute Gasteiger partial charge is 0.196 e. The second-order valence-corrected chi connectivity index (χ2v) is 9.08. The van der Waals surface area contributed by atoms with Gasteiger partial charge in [0.15, 0.2) is 11.6 Å². The first-order valence-corrected chi connectivity index (χ1v) is 11.2. The zero-order valence-electron chi connectivity index (χ0n) is 15.9. The molecular formula is C27H20O2S2. The third-order valence-electron chi connectivity index (χ3n) is 4.94. The minimum absolute atomic E-state index is 0. The van der Waals surface area contributed by atoms with Gasteiger partial charge in [-0.2, -0.15) is 0 Å². The van der Waals surface area contributed by atoms with Crippen molar-refractivity contribution in [2.24, 2.45) is 0 Å². The van der Waals surface area contributed by atoms with Gasteiger partial charge in [0, 0.05) is 41.8 Å². The van der Waals surface area contributed by atoms with Crippen LogP contribution in [0.1, 0.15) is 39.3 Å². The van der Waals surface area contributed by atoms with E-state index in [1.54, 1.807) is 12.1 Å². The molecule has 0 aliphatic heterocycles. The number of carbonyl (C=O) groups is 2. The Hall–Kier alpha value is -3.08. The largest absolute Gasteiger partial charge is 0.289 e. The van der Waals surface area contributed by atoms with Gasteiger partial charge in [0.2, 0.25) is 0 Å². The van der Waals surface area contributed by atoms with Crippen molar-refractivity contribution in [3.8, 4) is 0 Å². The number of rotatable bonds is 4. The third kappa shape index (κ3) is 3.97. The van der Waals surface area contributed by atoms with E-state index in [0.29, 0.717) is 22.3 Å². The Morgan fingerprint density at radius 1 is 0.452 bits per heavy atom. The molecule has 4 aromatic rings. The fraction of sp³-hybridized carbons (Fsp3) is 0.0370. The lowest BCUT2D eigenvalue weighted by atomic mass is 9.84. The molecule has 5 rings (SSSR count). The summed E-state index contributed by atoms with van der Waals surface area (Å²) in [5, 5.41) is 0. The summed E-state index contributed by atoms with van der Waals surface area (Å²) < 4.78 is 0. The van der Waals surface area contributed by atoms with Gasteiger partial charge in [-0.25, -0.2) is 0 Å². The van der Waals surface area contributed by atoms with Crippen molar-refractivity contribution >= 4 is 35.1 Å². The summed E-state index contributed by atoms with van der Waals surface area (Å²) in [6, 6.07) is 30.8. The standard InChI is InChI=1S/C26H16O2S2.CH4/c27-25-19-13-7-15-21(29-17-9-3-1-4-10-17)23(19)26(28)24-20(25)14-8-16-22(24)30-18-11-5-2-6-12-18;/h1-16H;1H4. The molecule has 1 aliphatic rings. The highest BCUT2D eigenvalue weighted by atomic mass is 32.2. The number of hydrogen-bond donors (Lipinski definition) is 0. The van der Waals surface area contributed by atoms with Gasteiger partial charge in [-0.15, -0.1) is 0 Å². The van der Waals surface area contributed by atoms with Crippen LogP contribution in [0.25, 0.3) is 0 Å². The van der Waals surface area contributed by atoms with Crippen LogP contribution in [-0.4, -0.2) is 11.6 Å². The first kappa shape index (κ1) is 21.2. The summed E-state index contributed by atoms with van der Waals surface area (Å²) in [5.41, 5.74) is 1.97. The van der Waals surface area contributed by atoms with E-state index in [1.165, 1.54) is 23.5 Å². The van der Waals surface area contributed by atoms with E-state index in [-0.39, 0.29) is 19.0 Å². The molecule has 0 fully saturated rings. The maximum absolute atomic E-state index is 13.7. The topological polar surface area (TPSA) is 34.1 Å². The first-order valence-electron chi connectivity index (χ1n) is 9.53. The molecule has 0 heterocycles. The number of hydrogen-bond acceptors (Lipinski definition) is 4. The molecule has 0 N–H and O–H groups in total. The Labute approximate surface area is 190 Å². The van der Waals surface area contributed by atoms with E-state index in [2.05, 4.69) is 0 Å². The summed E-state index contributed by atoms with van der Waals surface area (Å²) >= 11 is 3.03. The van der Waals surface area contributed by atoms with Crippen molar-refractivity contribution in [3.05, 3.63) is 119 Å². The van der Waals surface area contributed by atoms with Gasteiger partial charge in [0.1, 0.15) is 0 Å². The molecule has 0 radical (unpaired) electrons. The average Bonchev–Trinajstić information content (AvgIpc) is 2.79. The van der Waals surface area contributed by atoms with Crippen LogP contribution in [0.2, 0.25) is 0 Å². The number of ketones is 2. The van der Waals surface area contributed by atoms with Crippen molar-refractivity contribution in [2.75, 3.05) is 0 Å². The minimum Gasteiger partial charge on any atom is -0.289 e. The van der Waals surface area contributed by atoms with Gasteiger partial charge in [0.05, 0.1) is 0 Å². The minimum atomic E-state index is -0.0920. The average molecular weight is 441 g/mol. The molecular weight excluding hydrogens is 420 g/mol. The fourth-order valence-corrected chi connectivity index (χ4v) is 5.58. The van der Waals surface area contributed by atoms with Crippen molar-refractivity contribution in [1.29, 1.82) is 0 Å². The quantitative estimate of drug-likeness (QED) is 0.292. The molecule has 2 nitrogen and oxygen atoms in total. The molecule has 152 valence electrons. The van der Waals surface area contributed by atoms with Crippen LogP contribution in [0.4, 0.5) is 0 Å². The van der Waals surface area contributed by atoms with Crippen LogP contribution in [0, 0.1) is 0 Å². The molecule has 1 aliphatic carbocycles. The summed E-state index contributed by atoms with van der Waals surface area (Å²) in [4.78, 5) is 30.7. The SMILES string of the molecule is C.O=C1c2cccc(Sc3ccccc3)c2C(=O)c2c(Sc3ccccc3)cccc21. The van der Waals surface area contributed by atoms with Crippen molar-refractivity contribution in [1.82, 2.24) is 0 Å². The van der Waals surface area contributed by atoms with E-state index in [1.807, 2.05) is 84.9 Å². The van der Waals surface area contributed by atoms with Gasteiger partial charge in [-0.1, -0.05) is 91.6 Å². The molecule has 0 unspecified atom stereocenters. The van der Waals surface area contributed by atoms with Crippen LogP contribution in [0.3, 0.4) is 0 Å². The lowest BCUT2D eigenvalue weighted by Gasteiger charge is -2.22. The fourth-order valence-electron chi connectivity index (χ4n) is 3.58. The van der Waals surface area contributed by atoms with E-state index in [0.717, 1.165) is 19.6 Å². The number of benzene rings is 4. The highest BCUT2D eigenvalue weighted by Gasteiger charge is 2.33. The van der Waals surface area contributed by atoms with E-state index >= 15 is 0 Å². The lowest BCUT2D eigenvalue weighted by Crippen LogP contribution is -2.22. The van der Waals surface area contributed by atoms with Crippen LogP contribution in [0.15, 0.2) is 117 Å².